The van der Waals surface area contributed by atoms with E-state index >= 15 is 0 Å². The minimum atomic E-state index is -0.246. The van der Waals surface area contributed by atoms with E-state index in [2.05, 4.69) is 15.5 Å². The standard InChI is InChI=1S/C14H15N3O2/c1-19-10-9-15-14(18)13-8-7-12(16-17-13)11-5-3-2-4-6-11/h2-8H,9-10H2,1H3,(H,15,18). The van der Waals surface area contributed by atoms with E-state index in [-0.39, 0.29) is 5.91 Å². The zero-order valence-corrected chi connectivity index (χ0v) is 10.7. The molecule has 2 aromatic rings. The maximum atomic E-state index is 11.7. The highest BCUT2D eigenvalue weighted by Gasteiger charge is 2.07. The fourth-order valence-corrected chi connectivity index (χ4v) is 1.57. The van der Waals surface area contributed by atoms with Crippen molar-refractivity contribution in [2.45, 2.75) is 0 Å². The lowest BCUT2D eigenvalue weighted by Gasteiger charge is -2.04. The Morgan fingerprint density at radius 3 is 2.58 bits per heavy atom. The molecule has 0 bridgehead atoms. The number of methoxy groups -OCH3 is 1. The van der Waals surface area contributed by atoms with Gasteiger partial charge in [-0.1, -0.05) is 30.3 Å². The number of hydrogen-bond acceptors (Lipinski definition) is 4. The molecule has 1 N–H and O–H groups in total. The van der Waals surface area contributed by atoms with Gasteiger partial charge in [0.05, 0.1) is 12.3 Å². The zero-order chi connectivity index (χ0) is 13.5. The smallest absolute Gasteiger partial charge is 0.271 e. The first-order valence-corrected chi connectivity index (χ1v) is 5.97. The molecule has 1 aromatic carbocycles. The van der Waals surface area contributed by atoms with Gasteiger partial charge in [-0.3, -0.25) is 4.79 Å². The lowest BCUT2D eigenvalue weighted by atomic mass is 10.1. The zero-order valence-electron chi connectivity index (χ0n) is 10.7. The fraction of sp³-hybridized carbons (Fsp3) is 0.214. The average Bonchev–Trinajstić information content (AvgIpc) is 2.48. The molecule has 5 nitrogen and oxygen atoms in total. The number of nitrogens with one attached hydrogen (secondary N) is 1. The molecule has 1 heterocycles. The van der Waals surface area contributed by atoms with E-state index in [0.29, 0.717) is 18.8 Å². The first-order chi connectivity index (χ1) is 9.31. The number of benzene rings is 1. The van der Waals surface area contributed by atoms with Gasteiger partial charge in [0.2, 0.25) is 0 Å². The summed E-state index contributed by atoms with van der Waals surface area (Å²) in [6.07, 6.45) is 0. The second-order valence-corrected chi connectivity index (χ2v) is 3.92. The molecule has 2 rings (SSSR count). The highest BCUT2D eigenvalue weighted by molar-refractivity contribution is 5.92. The van der Waals surface area contributed by atoms with E-state index in [9.17, 15) is 4.79 Å². The Morgan fingerprint density at radius 1 is 1.16 bits per heavy atom. The van der Waals surface area contributed by atoms with Crippen LogP contribution in [0.5, 0.6) is 0 Å². The monoisotopic (exact) mass is 257 g/mol. The van der Waals surface area contributed by atoms with Crippen molar-refractivity contribution in [2.75, 3.05) is 20.3 Å². The van der Waals surface area contributed by atoms with Crippen LogP contribution in [-0.4, -0.2) is 36.4 Å². The Kier molecular flexibility index (Phi) is 4.58. The van der Waals surface area contributed by atoms with Crippen LogP contribution in [0.3, 0.4) is 0 Å². The van der Waals surface area contributed by atoms with E-state index in [4.69, 9.17) is 4.74 Å². The minimum Gasteiger partial charge on any atom is -0.383 e. The van der Waals surface area contributed by atoms with E-state index < -0.39 is 0 Å². The van der Waals surface area contributed by atoms with Crippen LogP contribution >= 0.6 is 0 Å². The maximum Gasteiger partial charge on any atom is 0.271 e. The number of carbonyl (C=O) groups excluding carboxylic acids is 1. The van der Waals surface area contributed by atoms with Crippen LogP contribution in [0.15, 0.2) is 42.5 Å². The van der Waals surface area contributed by atoms with E-state index in [1.54, 1.807) is 19.2 Å². The van der Waals surface area contributed by atoms with Gasteiger partial charge >= 0.3 is 0 Å². The molecule has 0 fully saturated rings. The molecule has 0 spiro atoms. The molecule has 1 aromatic heterocycles. The van der Waals surface area contributed by atoms with Gasteiger partial charge in [0.15, 0.2) is 5.69 Å². The van der Waals surface area contributed by atoms with Crippen LogP contribution < -0.4 is 5.32 Å². The van der Waals surface area contributed by atoms with E-state index in [1.807, 2.05) is 30.3 Å². The van der Waals surface area contributed by atoms with Crippen molar-refractivity contribution in [2.24, 2.45) is 0 Å². The van der Waals surface area contributed by atoms with Gasteiger partial charge in [0.1, 0.15) is 0 Å². The number of nitrogens with zero attached hydrogens (tertiary/aromatic N) is 2. The summed E-state index contributed by atoms with van der Waals surface area (Å²) in [5.74, 6) is -0.246. The van der Waals surface area contributed by atoms with Crippen molar-refractivity contribution < 1.29 is 9.53 Å². The summed E-state index contributed by atoms with van der Waals surface area (Å²) in [5.41, 5.74) is 2.02. The van der Waals surface area contributed by atoms with Crippen LogP contribution in [0.4, 0.5) is 0 Å². The molecule has 19 heavy (non-hydrogen) atoms. The van der Waals surface area contributed by atoms with Crippen molar-refractivity contribution in [1.82, 2.24) is 15.5 Å². The Labute approximate surface area is 111 Å². The van der Waals surface area contributed by atoms with Gasteiger partial charge in [0.25, 0.3) is 5.91 Å². The molecule has 0 aliphatic heterocycles. The van der Waals surface area contributed by atoms with Crippen molar-refractivity contribution in [1.29, 1.82) is 0 Å². The third-order valence-electron chi connectivity index (χ3n) is 2.56. The van der Waals surface area contributed by atoms with E-state index in [0.717, 1.165) is 11.3 Å². The molecule has 0 radical (unpaired) electrons. The Hall–Kier alpha value is -2.27. The molecular weight excluding hydrogens is 242 g/mol. The van der Waals surface area contributed by atoms with Crippen molar-refractivity contribution in [3.8, 4) is 11.3 Å². The van der Waals surface area contributed by atoms with Crippen molar-refractivity contribution in [3.63, 3.8) is 0 Å². The fourth-order valence-electron chi connectivity index (χ4n) is 1.57. The molecule has 0 saturated heterocycles. The topological polar surface area (TPSA) is 64.1 Å². The number of amides is 1. The van der Waals surface area contributed by atoms with Crippen LogP contribution in [0.1, 0.15) is 10.5 Å². The quantitative estimate of drug-likeness (QED) is 0.825. The SMILES string of the molecule is COCCNC(=O)c1ccc(-c2ccccc2)nn1. The van der Waals surface area contributed by atoms with Crippen LogP contribution in [-0.2, 0) is 4.74 Å². The van der Waals surface area contributed by atoms with Gasteiger partial charge in [-0.2, -0.15) is 0 Å². The van der Waals surface area contributed by atoms with Crippen LogP contribution in [0, 0.1) is 0 Å². The maximum absolute atomic E-state index is 11.7. The largest absolute Gasteiger partial charge is 0.383 e. The second-order valence-electron chi connectivity index (χ2n) is 3.92. The van der Waals surface area contributed by atoms with Gasteiger partial charge in [-0.15, -0.1) is 10.2 Å². The third-order valence-corrected chi connectivity index (χ3v) is 2.56. The van der Waals surface area contributed by atoms with Gasteiger partial charge < -0.3 is 10.1 Å². The van der Waals surface area contributed by atoms with Crippen LogP contribution in [0.2, 0.25) is 0 Å². The Balaban J connectivity index is 2.04. The van der Waals surface area contributed by atoms with Gasteiger partial charge in [-0.05, 0) is 12.1 Å². The van der Waals surface area contributed by atoms with Gasteiger partial charge in [-0.25, -0.2) is 0 Å². The Bertz CT molecular complexity index is 526. The predicted octanol–water partition coefficient (Wildman–Crippen LogP) is 1.52. The first kappa shape index (κ1) is 13.2. The molecule has 1 amide bonds. The summed E-state index contributed by atoms with van der Waals surface area (Å²) in [6, 6.07) is 13.1. The van der Waals surface area contributed by atoms with Crippen LogP contribution in [0.25, 0.3) is 11.3 Å². The third kappa shape index (κ3) is 3.59. The molecule has 5 heteroatoms. The molecule has 0 aliphatic rings. The lowest BCUT2D eigenvalue weighted by Crippen LogP contribution is -2.27. The Morgan fingerprint density at radius 2 is 1.95 bits per heavy atom. The summed E-state index contributed by atoms with van der Waals surface area (Å²) >= 11 is 0. The summed E-state index contributed by atoms with van der Waals surface area (Å²) < 4.78 is 4.85. The predicted molar refractivity (Wildman–Crippen MR) is 71.7 cm³/mol. The summed E-state index contributed by atoms with van der Waals surface area (Å²) in [7, 11) is 1.58. The highest BCUT2D eigenvalue weighted by Crippen LogP contribution is 2.14. The molecule has 0 aliphatic carbocycles. The second kappa shape index (κ2) is 6.61. The summed E-state index contributed by atoms with van der Waals surface area (Å²) in [4.78, 5) is 11.7. The molecule has 0 atom stereocenters. The highest BCUT2D eigenvalue weighted by atomic mass is 16.5. The van der Waals surface area contributed by atoms with Crippen molar-refractivity contribution >= 4 is 5.91 Å². The van der Waals surface area contributed by atoms with Crippen molar-refractivity contribution in [3.05, 3.63) is 48.2 Å². The molecule has 0 unspecified atom stereocenters. The number of carbonyl (C=O) groups is 1. The number of rotatable bonds is 5. The van der Waals surface area contributed by atoms with E-state index in [1.165, 1.54) is 0 Å². The number of hydrogen-bond donors (Lipinski definition) is 1. The first-order valence-electron chi connectivity index (χ1n) is 5.97. The molecular formula is C14H15N3O2. The van der Waals surface area contributed by atoms with Gasteiger partial charge in [0, 0.05) is 19.2 Å². The minimum absolute atomic E-state index is 0.246. The molecule has 0 saturated carbocycles. The molecule has 98 valence electrons. The summed E-state index contributed by atoms with van der Waals surface area (Å²) in [6.45, 7) is 0.929. The number of ether oxygens (including phenoxy) is 1. The summed E-state index contributed by atoms with van der Waals surface area (Å²) in [5, 5.41) is 10.7. The normalized spacial score (nSPS) is 10.2. The lowest BCUT2D eigenvalue weighted by molar-refractivity contribution is 0.0931. The average molecular weight is 257 g/mol. The number of aromatic nitrogens is 2.